The summed E-state index contributed by atoms with van der Waals surface area (Å²) in [7, 11) is 2.47. The number of hydrogen-bond donors (Lipinski definition) is 1. The van der Waals surface area contributed by atoms with Gasteiger partial charge in [-0.15, -0.1) is 9.24 Å². The zero-order valence-electron chi connectivity index (χ0n) is 8.07. The minimum atomic E-state index is -0.392. The van der Waals surface area contributed by atoms with Crippen molar-refractivity contribution in [3.63, 3.8) is 0 Å². The van der Waals surface area contributed by atoms with Crippen LogP contribution in [0.25, 0.3) is 0 Å². The molecule has 76 valence electrons. The molecule has 0 fully saturated rings. The fourth-order valence-electron chi connectivity index (χ4n) is 0.951. The smallest absolute Gasteiger partial charge is 0.407 e. The Kier molecular flexibility index (Phi) is 4.41. The van der Waals surface area contributed by atoms with E-state index in [9.17, 15) is 4.79 Å². The minimum Gasteiger partial charge on any atom is -0.445 e. The van der Waals surface area contributed by atoms with E-state index in [1.807, 2.05) is 37.3 Å². The lowest BCUT2D eigenvalue weighted by Crippen LogP contribution is -2.28. The number of hydrogen-bond acceptors (Lipinski definition) is 2. The average Bonchev–Trinajstić information content (AvgIpc) is 2.15. The van der Waals surface area contributed by atoms with E-state index in [0.717, 1.165) is 5.56 Å². The number of rotatable bonds is 3. The molecule has 0 saturated heterocycles. The molecule has 4 heteroatoms. The van der Waals surface area contributed by atoms with Crippen molar-refractivity contribution in [2.24, 2.45) is 0 Å². The number of ether oxygens (including phenoxy) is 1. The van der Waals surface area contributed by atoms with Crippen LogP contribution in [0.2, 0.25) is 0 Å². The summed E-state index contributed by atoms with van der Waals surface area (Å²) < 4.78 is 4.98. The molecule has 0 aliphatic carbocycles. The predicted molar refractivity (Wildman–Crippen MR) is 58.9 cm³/mol. The Morgan fingerprint density at radius 2 is 2.14 bits per heavy atom. The van der Waals surface area contributed by atoms with Crippen molar-refractivity contribution in [1.82, 2.24) is 5.32 Å². The van der Waals surface area contributed by atoms with Gasteiger partial charge in [-0.05, 0) is 12.5 Å². The van der Waals surface area contributed by atoms with Crippen LogP contribution in [0.15, 0.2) is 30.3 Å². The molecule has 0 aliphatic rings. The molecule has 0 radical (unpaired) electrons. The van der Waals surface area contributed by atoms with Gasteiger partial charge in [0.1, 0.15) is 6.61 Å². The summed E-state index contributed by atoms with van der Waals surface area (Å²) in [6.07, 6.45) is -0.392. The minimum absolute atomic E-state index is 0.0262. The summed E-state index contributed by atoms with van der Waals surface area (Å²) in [5.74, 6) is 0.0262. The molecule has 1 amide bonds. The van der Waals surface area contributed by atoms with Crippen molar-refractivity contribution >= 4 is 15.3 Å². The first kappa shape index (κ1) is 11.0. The van der Waals surface area contributed by atoms with E-state index in [4.69, 9.17) is 4.74 Å². The number of carbonyl (C=O) groups is 1. The monoisotopic (exact) mass is 211 g/mol. The van der Waals surface area contributed by atoms with Crippen molar-refractivity contribution in [2.75, 3.05) is 0 Å². The van der Waals surface area contributed by atoms with Crippen molar-refractivity contribution in [1.29, 1.82) is 0 Å². The van der Waals surface area contributed by atoms with E-state index < -0.39 is 6.09 Å². The van der Waals surface area contributed by atoms with Gasteiger partial charge in [0, 0.05) is 5.78 Å². The number of amides is 1. The van der Waals surface area contributed by atoms with E-state index in [1.165, 1.54) is 0 Å². The van der Waals surface area contributed by atoms with Crippen molar-refractivity contribution in [3.8, 4) is 0 Å². The highest BCUT2D eigenvalue weighted by atomic mass is 31.0. The van der Waals surface area contributed by atoms with Crippen LogP contribution in [0.3, 0.4) is 0 Å². The van der Waals surface area contributed by atoms with Gasteiger partial charge < -0.3 is 10.1 Å². The van der Waals surface area contributed by atoms with E-state index in [-0.39, 0.29) is 5.78 Å². The van der Waals surface area contributed by atoms with Crippen molar-refractivity contribution in [2.45, 2.75) is 19.3 Å². The third kappa shape index (κ3) is 4.24. The Morgan fingerprint density at radius 1 is 1.50 bits per heavy atom. The second-order valence-corrected chi connectivity index (χ2v) is 3.99. The summed E-state index contributed by atoms with van der Waals surface area (Å²) in [5.41, 5.74) is 0.985. The Bertz CT molecular complexity index is 287. The van der Waals surface area contributed by atoms with Crippen LogP contribution in [-0.4, -0.2) is 11.9 Å². The Labute approximate surface area is 86.0 Å². The van der Waals surface area contributed by atoms with Crippen LogP contribution in [0.1, 0.15) is 12.5 Å². The van der Waals surface area contributed by atoms with Gasteiger partial charge in [-0.3, -0.25) is 0 Å². The van der Waals surface area contributed by atoms with Crippen molar-refractivity contribution in [3.05, 3.63) is 35.9 Å². The van der Waals surface area contributed by atoms with Gasteiger partial charge in [0.15, 0.2) is 0 Å². The Hall–Kier alpha value is -1.08. The molecule has 1 rings (SSSR count). The van der Waals surface area contributed by atoms with Crippen LogP contribution >= 0.6 is 9.24 Å². The molecule has 0 heterocycles. The van der Waals surface area contributed by atoms with Crippen LogP contribution in [0, 0.1) is 0 Å². The van der Waals surface area contributed by atoms with E-state index in [2.05, 4.69) is 14.6 Å². The lowest BCUT2D eigenvalue weighted by Gasteiger charge is -2.08. The molecule has 0 saturated carbocycles. The van der Waals surface area contributed by atoms with Gasteiger partial charge in [-0.1, -0.05) is 30.3 Å². The lowest BCUT2D eigenvalue weighted by atomic mass is 10.2. The molecule has 1 aromatic rings. The number of nitrogens with one attached hydrogen (secondary N) is 1. The van der Waals surface area contributed by atoms with Gasteiger partial charge in [0.2, 0.25) is 0 Å². The van der Waals surface area contributed by atoms with Gasteiger partial charge in [0.05, 0.1) is 0 Å². The topological polar surface area (TPSA) is 38.3 Å². The molecule has 0 aromatic heterocycles. The van der Waals surface area contributed by atoms with E-state index in [0.29, 0.717) is 6.61 Å². The highest BCUT2D eigenvalue weighted by Crippen LogP contribution is 2.01. The molecule has 0 bridgehead atoms. The second kappa shape index (κ2) is 5.61. The molecule has 14 heavy (non-hydrogen) atoms. The number of alkyl carbamates (subject to hydrolysis) is 1. The third-order valence-electron chi connectivity index (χ3n) is 1.56. The quantitative estimate of drug-likeness (QED) is 0.778. The summed E-state index contributed by atoms with van der Waals surface area (Å²) in [4.78, 5) is 11.1. The van der Waals surface area contributed by atoms with Crippen LogP contribution < -0.4 is 5.32 Å². The summed E-state index contributed by atoms with van der Waals surface area (Å²) in [6, 6.07) is 9.58. The molecule has 1 unspecified atom stereocenters. The van der Waals surface area contributed by atoms with Gasteiger partial charge in [0.25, 0.3) is 0 Å². The largest absolute Gasteiger partial charge is 0.445 e. The molecule has 0 aliphatic heterocycles. The summed E-state index contributed by atoms with van der Waals surface area (Å²) in [5, 5.41) is 2.61. The zero-order valence-corrected chi connectivity index (χ0v) is 9.22. The van der Waals surface area contributed by atoms with E-state index in [1.54, 1.807) is 0 Å². The fourth-order valence-corrected chi connectivity index (χ4v) is 1.09. The molecule has 1 aromatic carbocycles. The third-order valence-corrected chi connectivity index (χ3v) is 1.72. The maximum atomic E-state index is 11.1. The maximum absolute atomic E-state index is 11.1. The molecular formula is C10H14NO2P. The predicted octanol–water partition coefficient (Wildman–Crippen LogP) is 2.13. The van der Waals surface area contributed by atoms with Gasteiger partial charge in [-0.2, -0.15) is 0 Å². The average molecular weight is 211 g/mol. The lowest BCUT2D eigenvalue weighted by molar-refractivity contribution is 0.139. The van der Waals surface area contributed by atoms with E-state index >= 15 is 0 Å². The van der Waals surface area contributed by atoms with Gasteiger partial charge in [-0.25, -0.2) is 4.79 Å². The Balaban J connectivity index is 2.31. The summed E-state index contributed by atoms with van der Waals surface area (Å²) >= 11 is 0. The first-order chi connectivity index (χ1) is 6.68. The SMILES string of the molecule is C[C@@H](P)NC(=O)OCc1ccccc1. The number of benzene rings is 1. The molecular weight excluding hydrogens is 197 g/mol. The van der Waals surface area contributed by atoms with Crippen molar-refractivity contribution < 1.29 is 9.53 Å². The molecule has 2 atom stereocenters. The first-order valence-corrected chi connectivity index (χ1v) is 5.08. The summed E-state index contributed by atoms with van der Waals surface area (Å²) in [6.45, 7) is 2.17. The van der Waals surface area contributed by atoms with Crippen LogP contribution in [0.4, 0.5) is 4.79 Å². The highest BCUT2D eigenvalue weighted by molar-refractivity contribution is 7.17. The standard InChI is InChI=1S/C10H14NO2P/c1-8(14)11-10(12)13-7-9-5-3-2-4-6-9/h2-6,8H,7,14H2,1H3,(H,11,12)/t8-/m1/s1. The van der Waals surface area contributed by atoms with Crippen LogP contribution in [0.5, 0.6) is 0 Å². The fraction of sp³-hybridized carbons (Fsp3) is 0.300. The van der Waals surface area contributed by atoms with Gasteiger partial charge >= 0.3 is 6.09 Å². The zero-order chi connectivity index (χ0) is 10.4. The highest BCUT2D eigenvalue weighted by Gasteiger charge is 2.03. The molecule has 1 N–H and O–H groups in total. The second-order valence-electron chi connectivity index (χ2n) is 2.99. The molecule has 3 nitrogen and oxygen atoms in total. The molecule has 0 spiro atoms. The maximum Gasteiger partial charge on any atom is 0.407 e. The number of carbonyl (C=O) groups excluding carboxylic acids is 1. The normalized spacial score (nSPS) is 11.9. The Morgan fingerprint density at radius 3 is 2.71 bits per heavy atom. The first-order valence-electron chi connectivity index (χ1n) is 4.41. The van der Waals surface area contributed by atoms with Crippen LogP contribution in [-0.2, 0) is 11.3 Å².